The number of carboxylic acids is 1. The van der Waals surface area contributed by atoms with Crippen LogP contribution < -0.4 is 5.32 Å². The first-order valence-corrected chi connectivity index (χ1v) is 6.42. The molecule has 0 bridgehead atoms. The Labute approximate surface area is 103 Å². The summed E-state index contributed by atoms with van der Waals surface area (Å²) in [6.07, 6.45) is 2.48. The summed E-state index contributed by atoms with van der Waals surface area (Å²) in [4.78, 5) is 16.1. The Kier molecular flexibility index (Phi) is 3.70. The fraction of sp³-hybridized carbons (Fsp3) is 0.917. The van der Waals surface area contributed by atoms with E-state index < -0.39 is 11.5 Å². The lowest BCUT2D eigenvalue weighted by atomic mass is 9.97. The molecule has 1 aliphatic carbocycles. The molecule has 1 saturated carbocycles. The quantitative estimate of drug-likeness (QED) is 0.718. The molecule has 2 atom stereocenters. The molecule has 0 amide bonds. The number of carbonyl (C=O) groups is 1. The molecule has 17 heavy (non-hydrogen) atoms. The molecule has 5 nitrogen and oxygen atoms in total. The smallest absolute Gasteiger partial charge is 0.323 e. The first-order valence-electron chi connectivity index (χ1n) is 6.42. The van der Waals surface area contributed by atoms with Crippen LogP contribution in [0.1, 0.15) is 19.3 Å². The molecule has 2 fully saturated rings. The van der Waals surface area contributed by atoms with Crippen molar-refractivity contribution in [3.05, 3.63) is 0 Å². The number of aliphatic carboxylic acids is 1. The predicted molar refractivity (Wildman–Crippen MR) is 66.1 cm³/mol. The van der Waals surface area contributed by atoms with Crippen molar-refractivity contribution in [2.24, 2.45) is 0 Å². The van der Waals surface area contributed by atoms with Crippen LogP contribution in [0.15, 0.2) is 0 Å². The van der Waals surface area contributed by atoms with Crippen molar-refractivity contribution < 1.29 is 9.90 Å². The van der Waals surface area contributed by atoms with Gasteiger partial charge in [0.25, 0.3) is 0 Å². The number of carboxylic acid groups (broad SMARTS) is 1. The molecule has 98 valence electrons. The zero-order chi connectivity index (χ0) is 12.5. The third-order valence-corrected chi connectivity index (χ3v) is 4.43. The monoisotopic (exact) mass is 241 g/mol. The topological polar surface area (TPSA) is 55.8 Å². The van der Waals surface area contributed by atoms with Crippen molar-refractivity contribution >= 4 is 5.97 Å². The van der Waals surface area contributed by atoms with E-state index in [4.69, 9.17) is 0 Å². The van der Waals surface area contributed by atoms with Crippen LogP contribution in [-0.2, 0) is 4.79 Å². The fourth-order valence-corrected chi connectivity index (χ4v) is 3.05. The highest BCUT2D eigenvalue weighted by molar-refractivity contribution is 5.79. The average molecular weight is 241 g/mol. The summed E-state index contributed by atoms with van der Waals surface area (Å²) in [7, 11) is 3.90. The summed E-state index contributed by atoms with van der Waals surface area (Å²) in [5.74, 6) is -0.698. The summed E-state index contributed by atoms with van der Waals surface area (Å²) in [5.41, 5.74) is -0.686. The van der Waals surface area contributed by atoms with Crippen molar-refractivity contribution in [2.75, 3.05) is 40.3 Å². The third-order valence-electron chi connectivity index (χ3n) is 4.43. The SMILES string of the molecule is CNC1(C(=O)O)CCC(N2CCN(C)CC2)C1. The average Bonchev–Trinajstić information content (AvgIpc) is 2.75. The van der Waals surface area contributed by atoms with Gasteiger partial charge in [-0.15, -0.1) is 0 Å². The van der Waals surface area contributed by atoms with Gasteiger partial charge in [-0.2, -0.15) is 0 Å². The number of hydrogen-bond donors (Lipinski definition) is 2. The summed E-state index contributed by atoms with van der Waals surface area (Å²) in [6, 6.07) is 0.437. The van der Waals surface area contributed by atoms with Gasteiger partial charge in [-0.1, -0.05) is 0 Å². The van der Waals surface area contributed by atoms with Crippen molar-refractivity contribution in [1.29, 1.82) is 0 Å². The first kappa shape index (κ1) is 12.8. The maximum absolute atomic E-state index is 11.3. The minimum Gasteiger partial charge on any atom is -0.480 e. The highest BCUT2D eigenvalue weighted by atomic mass is 16.4. The summed E-state index contributed by atoms with van der Waals surface area (Å²) < 4.78 is 0. The molecule has 2 N–H and O–H groups in total. The van der Waals surface area contributed by atoms with Crippen molar-refractivity contribution in [2.45, 2.75) is 30.8 Å². The number of likely N-dealkylation sites (N-methyl/N-ethyl adjacent to an activating group) is 2. The standard InChI is InChI=1S/C12H23N3O2/c1-13-12(11(16)17)4-3-10(9-12)15-7-5-14(2)6-8-15/h10,13H,3-9H2,1-2H3,(H,16,17). The molecule has 0 aromatic heterocycles. The summed E-state index contributed by atoms with van der Waals surface area (Å²) in [6.45, 7) is 4.33. The van der Waals surface area contributed by atoms with Crippen LogP contribution in [0.2, 0.25) is 0 Å². The normalized spacial score (nSPS) is 36.2. The molecule has 0 aromatic carbocycles. The van der Waals surface area contributed by atoms with Crippen LogP contribution in [0, 0.1) is 0 Å². The van der Waals surface area contributed by atoms with Crippen LogP contribution in [0.3, 0.4) is 0 Å². The van der Waals surface area contributed by atoms with E-state index in [2.05, 4.69) is 22.2 Å². The van der Waals surface area contributed by atoms with Crippen molar-refractivity contribution in [1.82, 2.24) is 15.1 Å². The van der Waals surface area contributed by atoms with Crippen LogP contribution >= 0.6 is 0 Å². The highest BCUT2D eigenvalue weighted by Crippen LogP contribution is 2.33. The maximum Gasteiger partial charge on any atom is 0.323 e. The van der Waals surface area contributed by atoms with Gasteiger partial charge >= 0.3 is 5.97 Å². The summed E-state index contributed by atoms with van der Waals surface area (Å²) in [5, 5.41) is 12.4. The maximum atomic E-state index is 11.3. The van der Waals surface area contributed by atoms with Gasteiger partial charge in [0.05, 0.1) is 0 Å². The molecule has 1 aliphatic heterocycles. The minimum atomic E-state index is -0.698. The van der Waals surface area contributed by atoms with E-state index in [1.165, 1.54) is 0 Å². The van der Waals surface area contributed by atoms with Crippen LogP contribution in [0.5, 0.6) is 0 Å². The molecular formula is C12H23N3O2. The van der Waals surface area contributed by atoms with Crippen LogP contribution in [-0.4, -0.2) is 72.7 Å². The Balaban J connectivity index is 1.95. The van der Waals surface area contributed by atoms with Gasteiger partial charge in [-0.05, 0) is 33.4 Å². The van der Waals surface area contributed by atoms with Crippen molar-refractivity contribution in [3.8, 4) is 0 Å². The Morgan fingerprint density at radius 2 is 2.00 bits per heavy atom. The second kappa shape index (κ2) is 4.92. The second-order valence-corrected chi connectivity index (χ2v) is 5.37. The van der Waals surface area contributed by atoms with Gasteiger partial charge < -0.3 is 15.3 Å². The van der Waals surface area contributed by atoms with E-state index in [0.29, 0.717) is 6.04 Å². The number of piperazine rings is 1. The molecule has 0 radical (unpaired) electrons. The Morgan fingerprint density at radius 1 is 1.35 bits per heavy atom. The third kappa shape index (κ3) is 2.46. The first-order chi connectivity index (χ1) is 8.07. The minimum absolute atomic E-state index is 0.437. The molecular weight excluding hydrogens is 218 g/mol. The largest absolute Gasteiger partial charge is 0.480 e. The van der Waals surface area contributed by atoms with Crippen LogP contribution in [0.25, 0.3) is 0 Å². The number of hydrogen-bond acceptors (Lipinski definition) is 4. The molecule has 2 aliphatic rings. The molecule has 0 spiro atoms. The number of nitrogens with zero attached hydrogens (tertiary/aromatic N) is 2. The molecule has 1 saturated heterocycles. The lowest BCUT2D eigenvalue weighted by Gasteiger charge is -2.37. The lowest BCUT2D eigenvalue weighted by molar-refractivity contribution is -0.144. The Bertz CT molecular complexity index is 289. The fourth-order valence-electron chi connectivity index (χ4n) is 3.05. The predicted octanol–water partition coefficient (Wildman–Crippen LogP) is -0.171. The van der Waals surface area contributed by atoms with Gasteiger partial charge in [0, 0.05) is 32.2 Å². The molecule has 2 unspecified atom stereocenters. The molecule has 2 rings (SSSR count). The highest BCUT2D eigenvalue weighted by Gasteiger charge is 2.46. The van der Waals surface area contributed by atoms with Gasteiger partial charge in [0.15, 0.2) is 0 Å². The van der Waals surface area contributed by atoms with E-state index in [1.807, 2.05) is 0 Å². The summed E-state index contributed by atoms with van der Waals surface area (Å²) >= 11 is 0. The number of rotatable bonds is 3. The van der Waals surface area contributed by atoms with E-state index in [9.17, 15) is 9.90 Å². The van der Waals surface area contributed by atoms with Gasteiger partial charge in [0.2, 0.25) is 0 Å². The Hall–Kier alpha value is -0.650. The zero-order valence-electron chi connectivity index (χ0n) is 10.8. The van der Waals surface area contributed by atoms with E-state index in [1.54, 1.807) is 7.05 Å². The second-order valence-electron chi connectivity index (χ2n) is 5.37. The van der Waals surface area contributed by atoms with Crippen LogP contribution in [0.4, 0.5) is 0 Å². The zero-order valence-corrected chi connectivity index (χ0v) is 10.8. The molecule has 1 heterocycles. The van der Waals surface area contributed by atoms with Gasteiger partial charge in [0.1, 0.15) is 5.54 Å². The molecule has 5 heteroatoms. The number of nitrogens with one attached hydrogen (secondary N) is 1. The Morgan fingerprint density at radius 3 is 2.47 bits per heavy atom. The van der Waals surface area contributed by atoms with Crippen molar-refractivity contribution in [3.63, 3.8) is 0 Å². The van der Waals surface area contributed by atoms with Gasteiger partial charge in [-0.25, -0.2) is 0 Å². The van der Waals surface area contributed by atoms with E-state index in [0.717, 1.165) is 45.4 Å². The lowest BCUT2D eigenvalue weighted by Crippen LogP contribution is -2.52. The molecule has 0 aromatic rings. The van der Waals surface area contributed by atoms with E-state index in [-0.39, 0.29) is 0 Å². The van der Waals surface area contributed by atoms with E-state index >= 15 is 0 Å². The van der Waals surface area contributed by atoms with Gasteiger partial charge in [-0.3, -0.25) is 9.69 Å².